The standard InChI is InChI=1S/C22H25N7O2/c1-15-17(11-27-13-19(31)14-27)12-29(26-15)21-4-6-23-22(25-21)24-18-2-3-20-16(10-18)5-7-28(20)8-9-30/h2-7,10,12,19,30-31H,8-9,11,13-14H2,1H3,(H,23,24,25). The Hall–Kier alpha value is -3.27. The number of aliphatic hydroxyl groups is 2. The molecule has 1 aliphatic rings. The molecule has 0 amide bonds. The minimum Gasteiger partial charge on any atom is -0.395 e. The Morgan fingerprint density at radius 2 is 2.06 bits per heavy atom. The van der Waals surface area contributed by atoms with Crippen molar-refractivity contribution in [1.82, 2.24) is 29.2 Å². The molecule has 0 unspecified atom stereocenters. The van der Waals surface area contributed by atoms with Crippen LogP contribution in [0.25, 0.3) is 16.7 Å². The highest BCUT2D eigenvalue weighted by Crippen LogP contribution is 2.23. The summed E-state index contributed by atoms with van der Waals surface area (Å²) in [6.07, 6.45) is 5.46. The Balaban J connectivity index is 1.34. The van der Waals surface area contributed by atoms with E-state index >= 15 is 0 Å². The first kappa shape index (κ1) is 19.7. The molecule has 1 aliphatic heterocycles. The van der Waals surface area contributed by atoms with Gasteiger partial charge in [-0.05, 0) is 31.2 Å². The zero-order valence-electron chi connectivity index (χ0n) is 17.3. The van der Waals surface area contributed by atoms with Gasteiger partial charge in [0.15, 0.2) is 5.82 Å². The van der Waals surface area contributed by atoms with Crippen LogP contribution < -0.4 is 5.32 Å². The largest absolute Gasteiger partial charge is 0.395 e. The fourth-order valence-corrected chi connectivity index (χ4v) is 3.93. The number of hydrogen-bond donors (Lipinski definition) is 3. The van der Waals surface area contributed by atoms with Gasteiger partial charge in [0.05, 0.1) is 18.4 Å². The second-order valence-corrected chi connectivity index (χ2v) is 7.90. The molecule has 3 N–H and O–H groups in total. The minimum atomic E-state index is -0.210. The van der Waals surface area contributed by atoms with Crippen molar-refractivity contribution in [1.29, 1.82) is 0 Å². The number of likely N-dealkylation sites (tertiary alicyclic amines) is 1. The second kappa shape index (κ2) is 8.10. The fourth-order valence-electron chi connectivity index (χ4n) is 3.93. The van der Waals surface area contributed by atoms with E-state index in [0.29, 0.717) is 31.4 Å². The number of benzene rings is 1. The molecule has 31 heavy (non-hydrogen) atoms. The molecule has 9 nitrogen and oxygen atoms in total. The molecular formula is C22H25N7O2. The number of hydrogen-bond acceptors (Lipinski definition) is 7. The maximum atomic E-state index is 9.49. The molecule has 0 atom stereocenters. The van der Waals surface area contributed by atoms with E-state index < -0.39 is 0 Å². The zero-order chi connectivity index (χ0) is 21.4. The molecule has 0 radical (unpaired) electrons. The van der Waals surface area contributed by atoms with Gasteiger partial charge in [0, 0.05) is 73.0 Å². The molecule has 5 rings (SSSR count). The average Bonchev–Trinajstić information content (AvgIpc) is 3.31. The van der Waals surface area contributed by atoms with E-state index in [0.717, 1.165) is 34.4 Å². The number of β-amino-alcohol motifs (C(OH)–C–C–N with tert-alkyl or cyclic N) is 1. The van der Waals surface area contributed by atoms with Crippen LogP contribution in [-0.2, 0) is 13.1 Å². The molecule has 160 valence electrons. The van der Waals surface area contributed by atoms with Gasteiger partial charge in [-0.1, -0.05) is 0 Å². The molecule has 1 fully saturated rings. The van der Waals surface area contributed by atoms with Gasteiger partial charge in [0.25, 0.3) is 0 Å². The van der Waals surface area contributed by atoms with E-state index in [1.165, 1.54) is 0 Å². The summed E-state index contributed by atoms with van der Waals surface area (Å²) < 4.78 is 3.79. The van der Waals surface area contributed by atoms with Gasteiger partial charge in [-0.15, -0.1) is 0 Å². The number of nitrogens with zero attached hydrogens (tertiary/aromatic N) is 6. The van der Waals surface area contributed by atoms with Gasteiger partial charge < -0.3 is 20.1 Å². The van der Waals surface area contributed by atoms with Crippen LogP contribution in [0.5, 0.6) is 0 Å². The molecule has 0 bridgehead atoms. The summed E-state index contributed by atoms with van der Waals surface area (Å²) in [7, 11) is 0. The summed E-state index contributed by atoms with van der Waals surface area (Å²) in [4.78, 5) is 11.2. The lowest BCUT2D eigenvalue weighted by atomic mass is 10.1. The fraction of sp³-hybridized carbons (Fsp3) is 0.318. The Morgan fingerprint density at radius 1 is 1.19 bits per heavy atom. The molecule has 4 heterocycles. The Morgan fingerprint density at radius 3 is 2.87 bits per heavy atom. The van der Waals surface area contributed by atoms with Gasteiger partial charge in [0.1, 0.15) is 0 Å². The van der Waals surface area contributed by atoms with Crippen LogP contribution in [0, 0.1) is 6.92 Å². The van der Waals surface area contributed by atoms with E-state index in [2.05, 4.69) is 25.3 Å². The topological polar surface area (TPSA) is 104 Å². The Kier molecular flexibility index (Phi) is 5.14. The third kappa shape index (κ3) is 4.02. The number of anilines is 2. The van der Waals surface area contributed by atoms with Crippen LogP contribution in [0.4, 0.5) is 11.6 Å². The normalized spacial score (nSPS) is 14.8. The van der Waals surface area contributed by atoms with Crippen molar-refractivity contribution in [3.05, 3.63) is 60.2 Å². The van der Waals surface area contributed by atoms with Gasteiger partial charge in [-0.2, -0.15) is 10.1 Å². The zero-order valence-corrected chi connectivity index (χ0v) is 17.3. The first-order valence-corrected chi connectivity index (χ1v) is 10.3. The monoisotopic (exact) mass is 419 g/mol. The maximum absolute atomic E-state index is 9.49. The SMILES string of the molecule is Cc1nn(-c2ccnc(Nc3ccc4c(ccn4CCO)c3)n2)cc1CN1CC(O)C1. The molecule has 0 saturated carbocycles. The third-order valence-corrected chi connectivity index (χ3v) is 5.58. The maximum Gasteiger partial charge on any atom is 0.229 e. The molecule has 1 saturated heterocycles. The van der Waals surface area contributed by atoms with Crippen LogP contribution in [0.1, 0.15) is 11.3 Å². The van der Waals surface area contributed by atoms with Crippen molar-refractivity contribution in [2.24, 2.45) is 0 Å². The summed E-state index contributed by atoms with van der Waals surface area (Å²) in [5.74, 6) is 1.18. The predicted molar refractivity (Wildman–Crippen MR) is 117 cm³/mol. The Labute approximate surface area is 179 Å². The van der Waals surface area contributed by atoms with E-state index in [4.69, 9.17) is 0 Å². The lowest BCUT2D eigenvalue weighted by Gasteiger charge is -2.35. The highest BCUT2D eigenvalue weighted by molar-refractivity contribution is 5.84. The first-order valence-electron chi connectivity index (χ1n) is 10.3. The lowest BCUT2D eigenvalue weighted by Crippen LogP contribution is -2.49. The molecule has 3 aromatic heterocycles. The van der Waals surface area contributed by atoms with Crippen molar-refractivity contribution < 1.29 is 10.2 Å². The van der Waals surface area contributed by atoms with E-state index in [9.17, 15) is 10.2 Å². The molecule has 9 heteroatoms. The number of aromatic nitrogens is 5. The third-order valence-electron chi connectivity index (χ3n) is 5.58. The van der Waals surface area contributed by atoms with Crippen molar-refractivity contribution in [2.45, 2.75) is 26.1 Å². The quantitative estimate of drug-likeness (QED) is 0.420. The van der Waals surface area contributed by atoms with Gasteiger partial charge in [0.2, 0.25) is 5.95 Å². The van der Waals surface area contributed by atoms with E-state index in [1.807, 2.05) is 54.2 Å². The number of nitrogens with one attached hydrogen (secondary N) is 1. The molecular weight excluding hydrogens is 394 g/mol. The molecule has 0 aliphatic carbocycles. The smallest absolute Gasteiger partial charge is 0.229 e. The van der Waals surface area contributed by atoms with Gasteiger partial charge in [-0.3, -0.25) is 4.90 Å². The summed E-state index contributed by atoms with van der Waals surface area (Å²) in [5.41, 5.74) is 4.04. The molecule has 1 aromatic carbocycles. The van der Waals surface area contributed by atoms with Gasteiger partial charge in [-0.25, -0.2) is 9.67 Å². The van der Waals surface area contributed by atoms with Crippen LogP contribution in [0.15, 0.2) is 48.9 Å². The first-order chi connectivity index (χ1) is 15.1. The van der Waals surface area contributed by atoms with Crippen molar-refractivity contribution in [3.8, 4) is 5.82 Å². The second-order valence-electron chi connectivity index (χ2n) is 7.90. The number of aryl methyl sites for hydroxylation is 1. The summed E-state index contributed by atoms with van der Waals surface area (Å²) in [6, 6.07) is 9.89. The van der Waals surface area contributed by atoms with Crippen molar-refractivity contribution in [2.75, 3.05) is 25.0 Å². The number of fused-ring (bicyclic) bond motifs is 1. The Bertz CT molecular complexity index is 1210. The van der Waals surface area contributed by atoms with Crippen LogP contribution in [0.2, 0.25) is 0 Å². The summed E-state index contributed by atoms with van der Waals surface area (Å²) in [6.45, 7) is 4.86. The van der Waals surface area contributed by atoms with Crippen LogP contribution >= 0.6 is 0 Å². The van der Waals surface area contributed by atoms with Crippen molar-refractivity contribution in [3.63, 3.8) is 0 Å². The average molecular weight is 419 g/mol. The highest BCUT2D eigenvalue weighted by atomic mass is 16.3. The van der Waals surface area contributed by atoms with Crippen LogP contribution in [-0.4, -0.2) is 65.2 Å². The lowest BCUT2D eigenvalue weighted by molar-refractivity contribution is -0.00297. The predicted octanol–water partition coefficient (Wildman–Crippen LogP) is 1.84. The number of rotatable bonds is 7. The number of aliphatic hydroxyl groups excluding tert-OH is 2. The summed E-state index contributed by atoms with van der Waals surface area (Å²) >= 11 is 0. The van der Waals surface area contributed by atoms with E-state index in [1.54, 1.807) is 10.9 Å². The minimum absolute atomic E-state index is 0.110. The van der Waals surface area contributed by atoms with E-state index in [-0.39, 0.29) is 12.7 Å². The highest BCUT2D eigenvalue weighted by Gasteiger charge is 2.25. The van der Waals surface area contributed by atoms with Crippen molar-refractivity contribution >= 4 is 22.5 Å². The van der Waals surface area contributed by atoms with Gasteiger partial charge >= 0.3 is 0 Å². The summed E-state index contributed by atoms with van der Waals surface area (Å²) in [5, 5.41) is 27.6. The van der Waals surface area contributed by atoms with Crippen LogP contribution in [0.3, 0.4) is 0 Å². The molecule has 0 spiro atoms. The molecule has 4 aromatic rings.